The summed E-state index contributed by atoms with van der Waals surface area (Å²) in [5.74, 6) is 0.572. The number of thiocarbonyl (C=S) groups is 1. The maximum Gasteiger partial charge on any atom is 0.263 e. The predicted octanol–water partition coefficient (Wildman–Crippen LogP) is 4.91. The van der Waals surface area contributed by atoms with E-state index in [4.69, 9.17) is 17.0 Å². The minimum Gasteiger partial charge on any atom is -0.488 e. The highest BCUT2D eigenvalue weighted by molar-refractivity contribution is 8.26. The third-order valence-corrected chi connectivity index (χ3v) is 5.27. The lowest BCUT2D eigenvalue weighted by Gasteiger charge is -2.11. The van der Waals surface area contributed by atoms with Gasteiger partial charge in [0.05, 0.1) is 4.91 Å². The normalized spacial score (nSPS) is 15.5. The molecule has 1 aliphatic heterocycles. The van der Waals surface area contributed by atoms with E-state index in [0.717, 1.165) is 16.9 Å². The molecule has 128 valence electrons. The van der Waals surface area contributed by atoms with Crippen molar-refractivity contribution in [1.29, 1.82) is 0 Å². The van der Waals surface area contributed by atoms with E-state index in [1.165, 1.54) is 22.5 Å². The minimum absolute atomic E-state index is 0.163. The number of rotatable bonds is 4. The molecular formula is C21H15NO2S2. The van der Waals surface area contributed by atoms with Crippen LogP contribution in [0.25, 0.3) is 16.8 Å². The number of fused-ring (bicyclic) bond motifs is 1. The van der Waals surface area contributed by atoms with Crippen molar-refractivity contribution in [3.8, 4) is 5.75 Å². The van der Waals surface area contributed by atoms with Gasteiger partial charge >= 0.3 is 0 Å². The zero-order chi connectivity index (χ0) is 17.9. The molecule has 1 saturated heterocycles. The highest BCUT2D eigenvalue weighted by atomic mass is 32.2. The molecule has 0 radical (unpaired) electrons. The van der Waals surface area contributed by atoms with Crippen LogP contribution in [0.5, 0.6) is 5.75 Å². The molecule has 1 heterocycles. The first kappa shape index (κ1) is 16.8. The van der Waals surface area contributed by atoms with Crippen molar-refractivity contribution in [2.45, 2.75) is 6.61 Å². The molecule has 3 aromatic carbocycles. The van der Waals surface area contributed by atoms with Crippen molar-refractivity contribution in [2.75, 3.05) is 0 Å². The molecule has 4 rings (SSSR count). The fourth-order valence-electron chi connectivity index (χ4n) is 2.87. The summed E-state index contributed by atoms with van der Waals surface area (Å²) in [5.41, 5.74) is 1.98. The number of thioether (sulfide) groups is 1. The van der Waals surface area contributed by atoms with Crippen molar-refractivity contribution in [2.24, 2.45) is 0 Å². The summed E-state index contributed by atoms with van der Waals surface area (Å²) in [6.45, 7) is 0.458. The SMILES string of the molecule is O=C1NC(=S)S/C1=C\c1ccccc1OCc1cccc2ccccc12. The number of benzene rings is 3. The molecule has 1 N–H and O–H groups in total. The fourth-order valence-corrected chi connectivity index (χ4v) is 3.90. The van der Waals surface area contributed by atoms with E-state index in [1.807, 2.05) is 48.5 Å². The van der Waals surface area contributed by atoms with Gasteiger partial charge in [0.15, 0.2) is 0 Å². The van der Waals surface area contributed by atoms with Gasteiger partial charge in [-0.2, -0.15) is 0 Å². The molecule has 26 heavy (non-hydrogen) atoms. The molecule has 1 amide bonds. The van der Waals surface area contributed by atoms with E-state index in [1.54, 1.807) is 0 Å². The van der Waals surface area contributed by atoms with E-state index in [0.29, 0.717) is 15.8 Å². The topological polar surface area (TPSA) is 38.3 Å². The molecule has 5 heteroatoms. The molecule has 0 aromatic heterocycles. The molecule has 0 aliphatic carbocycles. The second kappa shape index (κ2) is 7.32. The highest BCUT2D eigenvalue weighted by Crippen LogP contribution is 2.30. The third-order valence-electron chi connectivity index (χ3n) is 4.11. The number of nitrogens with one attached hydrogen (secondary N) is 1. The Kier molecular flexibility index (Phi) is 4.73. The lowest BCUT2D eigenvalue weighted by atomic mass is 10.1. The molecule has 0 saturated carbocycles. The molecule has 0 atom stereocenters. The molecule has 3 nitrogen and oxygen atoms in total. The van der Waals surface area contributed by atoms with Crippen molar-refractivity contribution < 1.29 is 9.53 Å². The van der Waals surface area contributed by atoms with Gasteiger partial charge in [-0.05, 0) is 28.5 Å². The third kappa shape index (κ3) is 3.49. The van der Waals surface area contributed by atoms with Gasteiger partial charge in [0.25, 0.3) is 5.91 Å². The van der Waals surface area contributed by atoms with Crippen LogP contribution in [0, 0.1) is 0 Å². The molecule has 0 bridgehead atoms. The zero-order valence-corrected chi connectivity index (χ0v) is 15.4. The Hall–Kier alpha value is -2.63. The Balaban J connectivity index is 1.60. The molecule has 0 unspecified atom stereocenters. The standard InChI is InChI=1S/C21H15NO2S2/c23-20-19(26-21(25)22-20)12-15-7-2-4-11-18(15)24-13-16-9-5-8-14-6-1-3-10-17(14)16/h1-12H,13H2,(H,22,23,25)/b19-12-. The lowest BCUT2D eigenvalue weighted by molar-refractivity contribution is -0.115. The van der Waals surface area contributed by atoms with Crippen molar-refractivity contribution in [3.63, 3.8) is 0 Å². The molecule has 0 spiro atoms. The van der Waals surface area contributed by atoms with Crippen LogP contribution in [-0.2, 0) is 11.4 Å². The Labute approximate surface area is 161 Å². The van der Waals surface area contributed by atoms with E-state index >= 15 is 0 Å². The number of amides is 1. The first-order chi connectivity index (χ1) is 12.7. The van der Waals surface area contributed by atoms with E-state index in [-0.39, 0.29) is 5.91 Å². The van der Waals surface area contributed by atoms with Gasteiger partial charge in [-0.15, -0.1) is 0 Å². The molecule has 1 fully saturated rings. The van der Waals surface area contributed by atoms with Crippen LogP contribution >= 0.6 is 24.0 Å². The van der Waals surface area contributed by atoms with Crippen LogP contribution in [0.1, 0.15) is 11.1 Å². The summed E-state index contributed by atoms with van der Waals surface area (Å²) >= 11 is 6.31. The summed E-state index contributed by atoms with van der Waals surface area (Å²) in [4.78, 5) is 12.5. The highest BCUT2D eigenvalue weighted by Gasteiger charge is 2.22. The summed E-state index contributed by atoms with van der Waals surface area (Å²) in [6.07, 6.45) is 1.82. The second-order valence-electron chi connectivity index (χ2n) is 5.82. The number of para-hydroxylation sites is 1. The van der Waals surface area contributed by atoms with Crippen LogP contribution in [0.3, 0.4) is 0 Å². The van der Waals surface area contributed by atoms with Crippen LogP contribution in [0.4, 0.5) is 0 Å². The Morgan fingerprint density at radius 3 is 2.62 bits per heavy atom. The van der Waals surface area contributed by atoms with Crippen molar-refractivity contribution >= 4 is 51.1 Å². The van der Waals surface area contributed by atoms with Gasteiger partial charge < -0.3 is 10.1 Å². The van der Waals surface area contributed by atoms with Crippen LogP contribution in [0.2, 0.25) is 0 Å². The first-order valence-electron chi connectivity index (χ1n) is 8.14. The second-order valence-corrected chi connectivity index (χ2v) is 7.54. The average molecular weight is 377 g/mol. The number of ether oxygens (including phenoxy) is 1. The maximum atomic E-state index is 11.9. The number of hydrogen-bond donors (Lipinski definition) is 1. The van der Waals surface area contributed by atoms with Crippen LogP contribution < -0.4 is 10.1 Å². The Morgan fingerprint density at radius 1 is 1.00 bits per heavy atom. The lowest BCUT2D eigenvalue weighted by Crippen LogP contribution is -2.17. The maximum absolute atomic E-state index is 11.9. The zero-order valence-electron chi connectivity index (χ0n) is 13.8. The van der Waals surface area contributed by atoms with Gasteiger partial charge in [-0.25, -0.2) is 0 Å². The molecular weight excluding hydrogens is 362 g/mol. The quantitative estimate of drug-likeness (QED) is 0.518. The number of hydrogen-bond acceptors (Lipinski definition) is 4. The Bertz CT molecular complexity index is 1040. The first-order valence-corrected chi connectivity index (χ1v) is 9.36. The van der Waals surface area contributed by atoms with E-state index in [9.17, 15) is 4.79 Å². The number of carbonyl (C=O) groups is 1. The summed E-state index contributed by atoms with van der Waals surface area (Å²) in [7, 11) is 0. The van der Waals surface area contributed by atoms with E-state index in [2.05, 4.69) is 29.6 Å². The smallest absolute Gasteiger partial charge is 0.263 e. The van der Waals surface area contributed by atoms with Gasteiger partial charge in [0.1, 0.15) is 16.7 Å². The van der Waals surface area contributed by atoms with Crippen molar-refractivity contribution in [1.82, 2.24) is 5.32 Å². The average Bonchev–Trinajstić information content (AvgIpc) is 2.98. The molecule has 3 aromatic rings. The van der Waals surface area contributed by atoms with Crippen LogP contribution in [0.15, 0.2) is 71.6 Å². The van der Waals surface area contributed by atoms with Gasteiger partial charge in [0, 0.05) is 5.56 Å². The summed E-state index contributed by atoms with van der Waals surface area (Å²) < 4.78 is 6.57. The fraction of sp³-hybridized carbons (Fsp3) is 0.0476. The largest absolute Gasteiger partial charge is 0.488 e. The Morgan fingerprint density at radius 2 is 1.77 bits per heavy atom. The monoisotopic (exact) mass is 377 g/mol. The van der Waals surface area contributed by atoms with Crippen LogP contribution in [-0.4, -0.2) is 10.2 Å². The molecule has 1 aliphatic rings. The summed E-state index contributed by atoms with van der Waals surface area (Å²) in [5, 5.41) is 5.00. The minimum atomic E-state index is -0.163. The van der Waals surface area contributed by atoms with Gasteiger partial charge in [0.2, 0.25) is 0 Å². The van der Waals surface area contributed by atoms with Gasteiger partial charge in [-0.3, -0.25) is 4.79 Å². The van der Waals surface area contributed by atoms with Gasteiger partial charge in [-0.1, -0.05) is 84.6 Å². The van der Waals surface area contributed by atoms with Crippen molar-refractivity contribution in [3.05, 3.63) is 82.8 Å². The summed E-state index contributed by atoms with van der Waals surface area (Å²) in [6, 6.07) is 22.1. The number of carbonyl (C=O) groups excluding carboxylic acids is 1. The van der Waals surface area contributed by atoms with E-state index < -0.39 is 0 Å². The predicted molar refractivity (Wildman–Crippen MR) is 111 cm³/mol.